The van der Waals surface area contributed by atoms with Crippen LogP contribution in [0.4, 0.5) is 0 Å². The number of aliphatic hydroxyl groups is 1. The lowest BCUT2D eigenvalue weighted by molar-refractivity contribution is 0.243. The lowest BCUT2D eigenvalue weighted by Gasteiger charge is -2.07. The minimum atomic E-state index is 0.260. The molecule has 0 saturated carbocycles. The molecule has 0 aromatic rings. The summed E-state index contributed by atoms with van der Waals surface area (Å²) in [6.45, 7) is 6.14. The van der Waals surface area contributed by atoms with Crippen LogP contribution in [0.25, 0.3) is 0 Å². The lowest BCUT2D eigenvalue weighted by atomic mass is 10.0. The minimum Gasteiger partial charge on any atom is -0.396 e. The fraction of sp³-hybridized carbons (Fsp3) is 0.800. The van der Waals surface area contributed by atoms with Gasteiger partial charge >= 0.3 is 0 Å². The predicted molar refractivity (Wildman–Crippen MR) is 49.5 cm³/mol. The van der Waals surface area contributed by atoms with E-state index in [0.29, 0.717) is 5.92 Å². The Morgan fingerprint density at radius 3 is 2.55 bits per heavy atom. The Morgan fingerprint density at radius 2 is 2.09 bits per heavy atom. The summed E-state index contributed by atoms with van der Waals surface area (Å²) in [6.07, 6.45) is 8.06. The molecule has 1 atom stereocenters. The van der Waals surface area contributed by atoms with E-state index in [4.69, 9.17) is 5.11 Å². The van der Waals surface area contributed by atoms with Crippen molar-refractivity contribution < 1.29 is 5.11 Å². The summed E-state index contributed by atoms with van der Waals surface area (Å²) < 4.78 is 0. The Morgan fingerprint density at radius 1 is 1.36 bits per heavy atom. The number of rotatable bonds is 7. The SMILES string of the molecule is C=CC(CO)CCCCCC. The molecule has 11 heavy (non-hydrogen) atoms. The maximum absolute atomic E-state index is 8.81. The highest BCUT2D eigenvalue weighted by Gasteiger charge is 2.00. The smallest absolute Gasteiger partial charge is 0.0493 e. The maximum Gasteiger partial charge on any atom is 0.0493 e. The Bertz CT molecular complexity index is 88.9. The molecule has 0 aliphatic carbocycles. The summed E-state index contributed by atoms with van der Waals surface area (Å²) in [4.78, 5) is 0. The Labute approximate surface area is 70.1 Å². The van der Waals surface area contributed by atoms with Crippen LogP contribution in [0.3, 0.4) is 0 Å². The largest absolute Gasteiger partial charge is 0.396 e. The van der Waals surface area contributed by atoms with Crippen LogP contribution in [0.15, 0.2) is 12.7 Å². The first kappa shape index (κ1) is 10.7. The number of hydrogen-bond donors (Lipinski definition) is 1. The van der Waals surface area contributed by atoms with Crippen molar-refractivity contribution in [3.63, 3.8) is 0 Å². The molecule has 0 bridgehead atoms. The van der Waals surface area contributed by atoms with E-state index in [1.54, 1.807) is 0 Å². The van der Waals surface area contributed by atoms with Crippen LogP contribution in [0, 0.1) is 5.92 Å². The van der Waals surface area contributed by atoms with E-state index in [1.165, 1.54) is 25.7 Å². The zero-order valence-electron chi connectivity index (χ0n) is 7.55. The van der Waals surface area contributed by atoms with Crippen LogP contribution in [0.1, 0.15) is 39.0 Å². The van der Waals surface area contributed by atoms with Crippen LogP contribution in [0.2, 0.25) is 0 Å². The van der Waals surface area contributed by atoms with Gasteiger partial charge in [-0.05, 0) is 12.3 Å². The quantitative estimate of drug-likeness (QED) is 0.444. The molecule has 1 N–H and O–H groups in total. The van der Waals surface area contributed by atoms with Crippen molar-refractivity contribution in [1.82, 2.24) is 0 Å². The van der Waals surface area contributed by atoms with Gasteiger partial charge in [0.2, 0.25) is 0 Å². The molecule has 1 nitrogen and oxygen atoms in total. The summed E-state index contributed by atoms with van der Waals surface area (Å²) >= 11 is 0. The first-order valence-corrected chi connectivity index (χ1v) is 4.58. The predicted octanol–water partition coefficient (Wildman–Crippen LogP) is 2.75. The van der Waals surface area contributed by atoms with Crippen molar-refractivity contribution in [2.24, 2.45) is 5.92 Å². The summed E-state index contributed by atoms with van der Waals surface area (Å²) in [5.74, 6) is 0.326. The average Bonchev–Trinajstić information content (AvgIpc) is 2.05. The van der Waals surface area contributed by atoms with Gasteiger partial charge in [0.25, 0.3) is 0 Å². The van der Waals surface area contributed by atoms with Crippen LogP contribution in [-0.4, -0.2) is 11.7 Å². The number of unbranched alkanes of at least 4 members (excludes halogenated alkanes) is 3. The van der Waals surface area contributed by atoms with Gasteiger partial charge in [0.05, 0.1) is 0 Å². The summed E-state index contributed by atoms with van der Waals surface area (Å²) in [6, 6.07) is 0. The molecule has 0 heterocycles. The highest BCUT2D eigenvalue weighted by molar-refractivity contribution is 4.77. The first-order valence-electron chi connectivity index (χ1n) is 4.58. The second kappa shape index (κ2) is 7.80. The van der Waals surface area contributed by atoms with Gasteiger partial charge in [-0.3, -0.25) is 0 Å². The average molecular weight is 156 g/mol. The van der Waals surface area contributed by atoms with Gasteiger partial charge in [-0.2, -0.15) is 0 Å². The van der Waals surface area contributed by atoms with E-state index in [1.807, 2.05) is 6.08 Å². The second-order valence-corrected chi connectivity index (χ2v) is 3.03. The van der Waals surface area contributed by atoms with Crippen molar-refractivity contribution in [2.75, 3.05) is 6.61 Å². The number of hydrogen-bond acceptors (Lipinski definition) is 1. The topological polar surface area (TPSA) is 20.2 Å². The molecule has 66 valence electrons. The van der Waals surface area contributed by atoms with Crippen LogP contribution in [-0.2, 0) is 0 Å². The van der Waals surface area contributed by atoms with E-state index in [9.17, 15) is 0 Å². The van der Waals surface area contributed by atoms with Gasteiger partial charge < -0.3 is 5.11 Å². The minimum absolute atomic E-state index is 0.260. The van der Waals surface area contributed by atoms with Crippen LogP contribution in [0.5, 0.6) is 0 Å². The highest BCUT2D eigenvalue weighted by atomic mass is 16.3. The molecule has 0 aromatic carbocycles. The molecule has 0 spiro atoms. The highest BCUT2D eigenvalue weighted by Crippen LogP contribution is 2.10. The summed E-state index contributed by atoms with van der Waals surface area (Å²) in [7, 11) is 0. The van der Waals surface area contributed by atoms with E-state index in [2.05, 4.69) is 13.5 Å². The van der Waals surface area contributed by atoms with E-state index >= 15 is 0 Å². The fourth-order valence-electron chi connectivity index (χ4n) is 1.12. The number of aliphatic hydroxyl groups excluding tert-OH is 1. The third-order valence-corrected chi connectivity index (χ3v) is 2.00. The molecule has 0 aromatic heterocycles. The first-order chi connectivity index (χ1) is 5.35. The third-order valence-electron chi connectivity index (χ3n) is 2.00. The van der Waals surface area contributed by atoms with Gasteiger partial charge in [-0.1, -0.05) is 38.7 Å². The van der Waals surface area contributed by atoms with Crippen molar-refractivity contribution >= 4 is 0 Å². The summed E-state index contributed by atoms with van der Waals surface area (Å²) in [5, 5.41) is 8.81. The van der Waals surface area contributed by atoms with Crippen LogP contribution >= 0.6 is 0 Å². The van der Waals surface area contributed by atoms with Gasteiger partial charge in [0.15, 0.2) is 0 Å². The van der Waals surface area contributed by atoms with E-state index in [0.717, 1.165) is 6.42 Å². The fourth-order valence-corrected chi connectivity index (χ4v) is 1.12. The molecule has 1 heteroatoms. The lowest BCUT2D eigenvalue weighted by Crippen LogP contribution is -2.01. The monoisotopic (exact) mass is 156 g/mol. The zero-order valence-corrected chi connectivity index (χ0v) is 7.55. The molecule has 0 rings (SSSR count). The van der Waals surface area contributed by atoms with Crippen molar-refractivity contribution in [3.05, 3.63) is 12.7 Å². The molecule has 0 radical (unpaired) electrons. The molecule has 0 amide bonds. The second-order valence-electron chi connectivity index (χ2n) is 3.03. The van der Waals surface area contributed by atoms with Crippen molar-refractivity contribution in [3.8, 4) is 0 Å². The van der Waals surface area contributed by atoms with E-state index < -0.39 is 0 Å². The van der Waals surface area contributed by atoms with Gasteiger partial charge in [0, 0.05) is 6.61 Å². The third kappa shape index (κ3) is 6.11. The van der Waals surface area contributed by atoms with Gasteiger partial charge in [-0.15, -0.1) is 6.58 Å². The Hall–Kier alpha value is -0.300. The Kier molecular flexibility index (Phi) is 7.59. The molecular formula is C10H20O. The Balaban J connectivity index is 3.14. The molecule has 0 fully saturated rings. The van der Waals surface area contributed by atoms with Gasteiger partial charge in [0.1, 0.15) is 0 Å². The maximum atomic E-state index is 8.81. The molecule has 0 aliphatic rings. The standard InChI is InChI=1S/C10H20O/c1-3-5-6-7-8-10(4-2)9-11/h4,10-11H,2-3,5-9H2,1H3. The molecule has 0 aliphatic heterocycles. The summed E-state index contributed by atoms with van der Waals surface area (Å²) in [5.41, 5.74) is 0. The van der Waals surface area contributed by atoms with Crippen LogP contribution < -0.4 is 0 Å². The normalized spacial score (nSPS) is 12.9. The van der Waals surface area contributed by atoms with Crippen molar-refractivity contribution in [1.29, 1.82) is 0 Å². The molecular weight excluding hydrogens is 136 g/mol. The van der Waals surface area contributed by atoms with Gasteiger partial charge in [-0.25, -0.2) is 0 Å². The zero-order chi connectivity index (χ0) is 8.53. The van der Waals surface area contributed by atoms with E-state index in [-0.39, 0.29) is 6.61 Å². The molecule has 0 saturated heterocycles. The molecule has 1 unspecified atom stereocenters. The van der Waals surface area contributed by atoms with Crippen molar-refractivity contribution in [2.45, 2.75) is 39.0 Å².